The summed E-state index contributed by atoms with van der Waals surface area (Å²) in [6.07, 6.45) is 1.04. The van der Waals surface area contributed by atoms with E-state index in [1.165, 1.54) is 30.3 Å². The minimum absolute atomic E-state index is 0.205. The first-order valence-corrected chi connectivity index (χ1v) is 8.43. The lowest BCUT2D eigenvalue weighted by molar-refractivity contribution is 0.100. The van der Waals surface area contributed by atoms with Gasteiger partial charge in [-0.25, -0.2) is 8.42 Å². The van der Waals surface area contributed by atoms with Crippen molar-refractivity contribution in [3.8, 4) is 0 Å². The van der Waals surface area contributed by atoms with E-state index in [0.29, 0.717) is 16.9 Å². The molecule has 0 radical (unpaired) electrons. The molecule has 2 aromatic carbocycles. The van der Waals surface area contributed by atoms with Crippen LogP contribution >= 0.6 is 0 Å². The second-order valence-corrected chi connectivity index (χ2v) is 6.56. The van der Waals surface area contributed by atoms with Gasteiger partial charge in [-0.3, -0.25) is 14.3 Å². The van der Waals surface area contributed by atoms with E-state index in [2.05, 4.69) is 10.0 Å². The summed E-state index contributed by atoms with van der Waals surface area (Å²) in [5, 5.41) is 2.60. The van der Waals surface area contributed by atoms with Gasteiger partial charge in [-0.05, 0) is 36.4 Å². The lowest BCUT2D eigenvalue weighted by Gasteiger charge is -2.09. The molecule has 0 heterocycles. The number of sulfonamides is 1. The van der Waals surface area contributed by atoms with E-state index in [9.17, 15) is 18.0 Å². The smallest absolute Gasteiger partial charge is 0.255 e. The van der Waals surface area contributed by atoms with Crippen LogP contribution < -0.4 is 15.8 Å². The molecule has 8 heteroatoms. The second-order valence-electron chi connectivity index (χ2n) is 4.82. The van der Waals surface area contributed by atoms with Crippen LogP contribution in [0.1, 0.15) is 20.7 Å². The van der Waals surface area contributed by atoms with Crippen LogP contribution in [0.25, 0.3) is 0 Å². The molecule has 0 aliphatic rings. The molecular weight excluding hydrogens is 318 g/mol. The average molecular weight is 333 g/mol. The van der Waals surface area contributed by atoms with Crippen LogP contribution in [0, 0.1) is 0 Å². The summed E-state index contributed by atoms with van der Waals surface area (Å²) in [4.78, 5) is 23.5. The number of primary amides is 1. The first kappa shape index (κ1) is 16.5. The van der Waals surface area contributed by atoms with Gasteiger partial charge in [0.15, 0.2) is 0 Å². The molecule has 23 heavy (non-hydrogen) atoms. The summed E-state index contributed by atoms with van der Waals surface area (Å²) in [7, 11) is -3.38. The molecule has 0 saturated heterocycles. The van der Waals surface area contributed by atoms with Crippen molar-refractivity contribution >= 4 is 33.2 Å². The Morgan fingerprint density at radius 1 is 1.00 bits per heavy atom. The number of carbonyl (C=O) groups excluding carboxylic acids is 2. The van der Waals surface area contributed by atoms with Crippen molar-refractivity contribution < 1.29 is 18.0 Å². The highest BCUT2D eigenvalue weighted by molar-refractivity contribution is 7.92. The number of benzene rings is 2. The predicted octanol–water partition coefficient (Wildman–Crippen LogP) is 1.41. The summed E-state index contributed by atoms with van der Waals surface area (Å²) < 4.78 is 24.6. The Morgan fingerprint density at radius 3 is 2.17 bits per heavy atom. The Bertz CT molecular complexity index is 845. The number of nitrogens with one attached hydrogen (secondary N) is 2. The van der Waals surface area contributed by atoms with Crippen LogP contribution in [-0.2, 0) is 10.0 Å². The molecule has 2 amide bonds. The first-order chi connectivity index (χ1) is 10.8. The minimum Gasteiger partial charge on any atom is -0.366 e. The Morgan fingerprint density at radius 2 is 1.61 bits per heavy atom. The number of rotatable bonds is 5. The zero-order chi connectivity index (χ0) is 17.0. The average Bonchev–Trinajstić information content (AvgIpc) is 2.46. The van der Waals surface area contributed by atoms with Gasteiger partial charge < -0.3 is 11.1 Å². The molecular formula is C15H15N3O4S. The molecule has 120 valence electrons. The third kappa shape index (κ3) is 4.55. The fourth-order valence-electron chi connectivity index (χ4n) is 1.91. The van der Waals surface area contributed by atoms with Crippen LogP contribution in [0.15, 0.2) is 48.5 Å². The van der Waals surface area contributed by atoms with Gasteiger partial charge in [0, 0.05) is 11.3 Å². The lowest BCUT2D eigenvalue weighted by Crippen LogP contribution is -2.18. The minimum atomic E-state index is -3.38. The summed E-state index contributed by atoms with van der Waals surface area (Å²) in [5.74, 6) is -1.08. The molecule has 0 aliphatic heterocycles. The Balaban J connectivity index is 2.17. The summed E-state index contributed by atoms with van der Waals surface area (Å²) >= 11 is 0. The number of nitrogens with two attached hydrogens (primary N) is 1. The van der Waals surface area contributed by atoms with E-state index in [0.717, 1.165) is 6.26 Å². The molecule has 0 aromatic heterocycles. The number of hydrogen-bond acceptors (Lipinski definition) is 4. The van der Waals surface area contributed by atoms with Gasteiger partial charge >= 0.3 is 0 Å². The fourth-order valence-corrected chi connectivity index (χ4v) is 2.47. The zero-order valence-corrected chi connectivity index (χ0v) is 13.1. The predicted molar refractivity (Wildman–Crippen MR) is 87.8 cm³/mol. The van der Waals surface area contributed by atoms with E-state index < -0.39 is 21.8 Å². The molecule has 0 atom stereocenters. The maximum Gasteiger partial charge on any atom is 0.255 e. The van der Waals surface area contributed by atoms with Crippen molar-refractivity contribution in [3.05, 3.63) is 59.7 Å². The number of amides is 2. The van der Waals surface area contributed by atoms with Gasteiger partial charge in [0.2, 0.25) is 10.0 Å². The van der Waals surface area contributed by atoms with Crippen LogP contribution in [0.3, 0.4) is 0 Å². The van der Waals surface area contributed by atoms with Crippen molar-refractivity contribution in [2.45, 2.75) is 0 Å². The Hall–Kier alpha value is -2.87. The number of para-hydroxylation sites is 1. The van der Waals surface area contributed by atoms with Gasteiger partial charge in [-0.1, -0.05) is 12.1 Å². The molecule has 2 rings (SSSR count). The van der Waals surface area contributed by atoms with Crippen LogP contribution in [0.5, 0.6) is 0 Å². The topological polar surface area (TPSA) is 118 Å². The third-order valence-electron chi connectivity index (χ3n) is 2.89. The molecule has 0 unspecified atom stereocenters. The van der Waals surface area contributed by atoms with Crippen LogP contribution in [0.4, 0.5) is 11.4 Å². The van der Waals surface area contributed by atoms with Crippen molar-refractivity contribution in [3.63, 3.8) is 0 Å². The monoisotopic (exact) mass is 333 g/mol. The second kappa shape index (κ2) is 6.49. The summed E-state index contributed by atoms with van der Waals surface area (Å²) in [6.45, 7) is 0. The highest BCUT2D eigenvalue weighted by atomic mass is 32.2. The van der Waals surface area contributed by atoms with Crippen LogP contribution in [-0.4, -0.2) is 26.5 Å². The first-order valence-electron chi connectivity index (χ1n) is 6.54. The van der Waals surface area contributed by atoms with Crippen molar-refractivity contribution in [2.75, 3.05) is 16.3 Å². The molecule has 2 aromatic rings. The third-order valence-corrected chi connectivity index (χ3v) is 3.50. The zero-order valence-electron chi connectivity index (χ0n) is 12.2. The maximum absolute atomic E-state index is 12.2. The number of hydrogen-bond donors (Lipinski definition) is 3. The normalized spacial score (nSPS) is 10.8. The number of anilines is 2. The molecule has 7 nitrogen and oxygen atoms in total. The summed E-state index contributed by atoms with van der Waals surface area (Å²) in [6, 6.07) is 12.3. The van der Waals surface area contributed by atoms with Gasteiger partial charge in [0.25, 0.3) is 11.8 Å². The van der Waals surface area contributed by atoms with E-state index in [4.69, 9.17) is 5.73 Å². The Kier molecular flexibility index (Phi) is 4.65. The highest BCUT2D eigenvalue weighted by Gasteiger charge is 2.12. The molecule has 0 spiro atoms. The fraction of sp³-hybridized carbons (Fsp3) is 0.0667. The van der Waals surface area contributed by atoms with Gasteiger partial charge in [-0.15, -0.1) is 0 Å². The largest absolute Gasteiger partial charge is 0.366 e. The molecule has 4 N–H and O–H groups in total. The standard InChI is InChI=1S/C15H15N3O4S/c1-23(21,22)18-11-8-6-10(7-9-11)15(20)17-13-5-3-2-4-12(13)14(16)19/h2-9,18H,1H3,(H2,16,19)(H,17,20). The summed E-state index contributed by atoms with van der Waals surface area (Å²) in [5.41, 5.74) is 6.42. The van der Waals surface area contributed by atoms with Crippen molar-refractivity contribution in [2.24, 2.45) is 5.73 Å². The Labute approximate surface area is 133 Å². The molecule has 0 fully saturated rings. The van der Waals surface area contributed by atoms with E-state index in [1.807, 2.05) is 0 Å². The van der Waals surface area contributed by atoms with Gasteiger partial charge in [-0.2, -0.15) is 0 Å². The highest BCUT2D eigenvalue weighted by Crippen LogP contribution is 2.17. The molecule has 0 saturated carbocycles. The molecule has 0 aliphatic carbocycles. The molecule has 0 bridgehead atoms. The van der Waals surface area contributed by atoms with Crippen molar-refractivity contribution in [1.29, 1.82) is 0 Å². The van der Waals surface area contributed by atoms with E-state index >= 15 is 0 Å². The lowest BCUT2D eigenvalue weighted by atomic mass is 10.1. The van der Waals surface area contributed by atoms with E-state index in [1.54, 1.807) is 18.2 Å². The van der Waals surface area contributed by atoms with Gasteiger partial charge in [0.05, 0.1) is 17.5 Å². The van der Waals surface area contributed by atoms with E-state index in [-0.39, 0.29) is 5.56 Å². The van der Waals surface area contributed by atoms with Crippen LogP contribution in [0.2, 0.25) is 0 Å². The SMILES string of the molecule is CS(=O)(=O)Nc1ccc(C(=O)Nc2ccccc2C(N)=O)cc1. The maximum atomic E-state index is 12.2. The quantitative estimate of drug-likeness (QED) is 0.766. The van der Waals surface area contributed by atoms with Crippen molar-refractivity contribution in [1.82, 2.24) is 0 Å². The number of carbonyl (C=O) groups is 2. The van der Waals surface area contributed by atoms with Gasteiger partial charge in [0.1, 0.15) is 0 Å².